The summed E-state index contributed by atoms with van der Waals surface area (Å²) in [6, 6.07) is 9.34. The maximum absolute atomic E-state index is 11.7. The van der Waals surface area contributed by atoms with Crippen LogP contribution in [0.25, 0.3) is 0 Å². The van der Waals surface area contributed by atoms with Gasteiger partial charge >= 0.3 is 0 Å². The fourth-order valence-corrected chi connectivity index (χ4v) is 1.39. The Kier molecular flexibility index (Phi) is 5.34. The highest BCUT2D eigenvalue weighted by atomic mass is 16.1. The van der Waals surface area contributed by atoms with Crippen LogP contribution >= 0.6 is 0 Å². The van der Waals surface area contributed by atoms with E-state index in [9.17, 15) is 4.79 Å². The number of hydrogen-bond acceptors (Lipinski definition) is 3. The number of anilines is 1. The summed E-state index contributed by atoms with van der Waals surface area (Å²) in [7, 11) is 2.00. The molecule has 0 aromatic heterocycles. The lowest BCUT2D eigenvalue weighted by Gasteiger charge is -2.20. The molecule has 0 aliphatic heterocycles. The number of hydrogen-bond donors (Lipinski definition) is 1. The zero-order valence-electron chi connectivity index (χ0n) is 11.1. The minimum Gasteiger partial charge on any atom is -0.326 e. The first kappa shape index (κ1) is 14.2. The van der Waals surface area contributed by atoms with Gasteiger partial charge in [0, 0.05) is 24.7 Å². The van der Waals surface area contributed by atoms with Gasteiger partial charge in [0.25, 0.3) is 0 Å². The van der Waals surface area contributed by atoms with Gasteiger partial charge in [0.1, 0.15) is 0 Å². The third-order valence-electron chi connectivity index (χ3n) is 2.87. The maximum Gasteiger partial charge on any atom is 0.225 e. The van der Waals surface area contributed by atoms with Crippen molar-refractivity contribution >= 4 is 11.6 Å². The number of nitriles is 1. The predicted molar refractivity (Wildman–Crippen MR) is 72.2 cm³/mol. The number of nitrogens with zero attached hydrogens (tertiary/aromatic N) is 2. The first-order valence-corrected chi connectivity index (χ1v) is 6.03. The highest BCUT2D eigenvalue weighted by molar-refractivity contribution is 5.90. The fraction of sp³-hybridized carbons (Fsp3) is 0.429. The second-order valence-electron chi connectivity index (χ2n) is 4.56. The minimum atomic E-state index is -0.00722. The van der Waals surface area contributed by atoms with E-state index in [0.717, 1.165) is 12.2 Å². The van der Waals surface area contributed by atoms with Crippen molar-refractivity contribution in [2.24, 2.45) is 0 Å². The van der Waals surface area contributed by atoms with Crippen LogP contribution in [0.5, 0.6) is 0 Å². The van der Waals surface area contributed by atoms with Crippen molar-refractivity contribution in [2.45, 2.75) is 26.3 Å². The number of nitrogens with one attached hydrogen (secondary N) is 1. The van der Waals surface area contributed by atoms with Crippen LogP contribution < -0.4 is 5.32 Å². The number of amides is 1. The molecule has 1 rings (SSSR count). The van der Waals surface area contributed by atoms with E-state index in [1.807, 2.05) is 13.1 Å². The summed E-state index contributed by atoms with van der Waals surface area (Å²) in [5.41, 5.74) is 1.32. The lowest BCUT2D eigenvalue weighted by atomic mass is 10.2. The average Bonchev–Trinajstić information content (AvgIpc) is 2.36. The smallest absolute Gasteiger partial charge is 0.225 e. The Labute approximate surface area is 108 Å². The van der Waals surface area contributed by atoms with Crippen LogP contribution in [0.3, 0.4) is 0 Å². The zero-order chi connectivity index (χ0) is 13.5. The minimum absolute atomic E-state index is 0.00722. The van der Waals surface area contributed by atoms with Gasteiger partial charge in [-0.2, -0.15) is 5.26 Å². The fourth-order valence-electron chi connectivity index (χ4n) is 1.39. The van der Waals surface area contributed by atoms with E-state index < -0.39 is 0 Å². The van der Waals surface area contributed by atoms with Crippen molar-refractivity contribution in [3.63, 3.8) is 0 Å². The molecule has 0 atom stereocenters. The summed E-state index contributed by atoms with van der Waals surface area (Å²) >= 11 is 0. The van der Waals surface area contributed by atoms with Crippen LogP contribution in [0.15, 0.2) is 24.3 Å². The third kappa shape index (κ3) is 4.56. The van der Waals surface area contributed by atoms with Gasteiger partial charge in [0.2, 0.25) is 5.91 Å². The number of benzene rings is 1. The largest absolute Gasteiger partial charge is 0.326 e. The molecule has 0 spiro atoms. The van der Waals surface area contributed by atoms with Crippen molar-refractivity contribution < 1.29 is 4.79 Å². The Morgan fingerprint density at radius 1 is 1.39 bits per heavy atom. The summed E-state index contributed by atoms with van der Waals surface area (Å²) in [5.74, 6) is -0.00722. The van der Waals surface area contributed by atoms with Crippen molar-refractivity contribution in [1.29, 1.82) is 5.26 Å². The monoisotopic (exact) mass is 245 g/mol. The van der Waals surface area contributed by atoms with Crippen LogP contribution in [0, 0.1) is 11.3 Å². The second kappa shape index (κ2) is 6.77. The summed E-state index contributed by atoms with van der Waals surface area (Å²) in [6.07, 6.45) is 0.467. The molecule has 0 heterocycles. The second-order valence-corrected chi connectivity index (χ2v) is 4.56. The molecule has 0 radical (unpaired) electrons. The van der Waals surface area contributed by atoms with Gasteiger partial charge in [-0.3, -0.25) is 4.79 Å². The van der Waals surface area contributed by atoms with Gasteiger partial charge < -0.3 is 10.2 Å². The predicted octanol–water partition coefficient (Wildman–Crippen LogP) is 2.23. The van der Waals surface area contributed by atoms with Crippen LogP contribution in [0.1, 0.15) is 25.8 Å². The van der Waals surface area contributed by atoms with Crippen molar-refractivity contribution in [3.8, 4) is 6.07 Å². The van der Waals surface area contributed by atoms with Gasteiger partial charge in [0.05, 0.1) is 11.6 Å². The molecule has 0 saturated carbocycles. The molecule has 1 aromatic carbocycles. The molecule has 0 bridgehead atoms. The molecule has 4 nitrogen and oxygen atoms in total. The Morgan fingerprint density at radius 3 is 2.50 bits per heavy atom. The number of carbonyl (C=O) groups excluding carboxylic acids is 1. The summed E-state index contributed by atoms with van der Waals surface area (Å²) < 4.78 is 0. The average molecular weight is 245 g/mol. The number of rotatable bonds is 5. The molecule has 4 heteroatoms. The van der Waals surface area contributed by atoms with Gasteiger partial charge in [-0.25, -0.2) is 0 Å². The standard InChI is InChI=1S/C14H19N3O/c1-11(2)17(3)9-8-14(18)16-13-6-4-12(10-15)5-7-13/h4-7,11H,8-9H2,1-3H3,(H,16,18). The van der Waals surface area contributed by atoms with Crippen LogP contribution in [-0.2, 0) is 4.79 Å². The lowest BCUT2D eigenvalue weighted by molar-refractivity contribution is -0.116. The third-order valence-corrected chi connectivity index (χ3v) is 2.87. The SMILES string of the molecule is CC(C)N(C)CCC(=O)Nc1ccc(C#N)cc1. The topological polar surface area (TPSA) is 56.1 Å². The molecule has 96 valence electrons. The van der Waals surface area contributed by atoms with Gasteiger partial charge in [0.15, 0.2) is 0 Å². The molecule has 0 unspecified atom stereocenters. The highest BCUT2D eigenvalue weighted by Gasteiger charge is 2.07. The molecule has 1 aromatic rings. The van der Waals surface area contributed by atoms with E-state index in [1.165, 1.54) is 0 Å². The molecule has 1 N–H and O–H groups in total. The molecule has 0 aliphatic carbocycles. The molecule has 18 heavy (non-hydrogen) atoms. The molecular formula is C14H19N3O. The molecule has 0 aliphatic rings. The summed E-state index contributed by atoms with van der Waals surface area (Å²) in [5, 5.41) is 11.5. The first-order chi connectivity index (χ1) is 8.52. The molecule has 1 amide bonds. The summed E-state index contributed by atoms with van der Waals surface area (Å²) in [6.45, 7) is 4.93. The van der Waals surface area contributed by atoms with Crippen molar-refractivity contribution in [1.82, 2.24) is 4.90 Å². The van der Waals surface area contributed by atoms with Gasteiger partial charge in [-0.15, -0.1) is 0 Å². The normalized spacial score (nSPS) is 10.4. The maximum atomic E-state index is 11.7. The highest BCUT2D eigenvalue weighted by Crippen LogP contribution is 2.09. The summed E-state index contributed by atoms with van der Waals surface area (Å²) in [4.78, 5) is 13.8. The van der Waals surface area contributed by atoms with E-state index in [-0.39, 0.29) is 5.91 Å². The van der Waals surface area contributed by atoms with Crippen LogP contribution in [-0.4, -0.2) is 30.4 Å². The quantitative estimate of drug-likeness (QED) is 0.865. The zero-order valence-corrected chi connectivity index (χ0v) is 11.1. The Bertz CT molecular complexity index is 431. The van der Waals surface area contributed by atoms with Gasteiger partial charge in [-0.05, 0) is 45.2 Å². The molecule has 0 fully saturated rings. The van der Waals surface area contributed by atoms with E-state index in [2.05, 4.69) is 24.1 Å². The lowest BCUT2D eigenvalue weighted by Crippen LogP contribution is -2.29. The Balaban J connectivity index is 2.42. The molecular weight excluding hydrogens is 226 g/mol. The van der Waals surface area contributed by atoms with E-state index in [4.69, 9.17) is 5.26 Å². The van der Waals surface area contributed by atoms with Crippen LogP contribution in [0.4, 0.5) is 5.69 Å². The Morgan fingerprint density at radius 2 is 2.00 bits per heavy atom. The Hall–Kier alpha value is -1.86. The van der Waals surface area contributed by atoms with E-state index in [0.29, 0.717) is 18.0 Å². The van der Waals surface area contributed by atoms with E-state index in [1.54, 1.807) is 24.3 Å². The number of carbonyl (C=O) groups is 1. The van der Waals surface area contributed by atoms with E-state index >= 15 is 0 Å². The first-order valence-electron chi connectivity index (χ1n) is 6.03. The van der Waals surface area contributed by atoms with Gasteiger partial charge in [-0.1, -0.05) is 0 Å². The van der Waals surface area contributed by atoms with Crippen molar-refractivity contribution in [2.75, 3.05) is 18.9 Å². The van der Waals surface area contributed by atoms with Crippen LogP contribution in [0.2, 0.25) is 0 Å². The van der Waals surface area contributed by atoms with Crippen molar-refractivity contribution in [3.05, 3.63) is 29.8 Å². The molecule has 0 saturated heterocycles.